The molecule has 36 heavy (non-hydrogen) atoms. The highest BCUT2D eigenvalue weighted by Gasteiger charge is 2.40. The molecule has 0 bridgehead atoms. The highest BCUT2D eigenvalue weighted by molar-refractivity contribution is 6.52. The summed E-state index contributed by atoms with van der Waals surface area (Å²) in [5, 5.41) is 22.2. The SMILES string of the molecule is CC1=C(O)C(C2=C(CCc3ccccc3)C(=O)C(=O)C(C)=C2O)=C(CCc2ccccc2)C(=O)C1=O. The number of aliphatic hydroxyl groups is 2. The van der Waals surface area contributed by atoms with Crippen LogP contribution in [0, 0.1) is 0 Å². The summed E-state index contributed by atoms with van der Waals surface area (Å²) in [5.74, 6) is -4.16. The Morgan fingerprint density at radius 3 is 1.17 bits per heavy atom. The fourth-order valence-corrected chi connectivity index (χ4v) is 4.56. The zero-order valence-electron chi connectivity index (χ0n) is 20.1. The van der Waals surface area contributed by atoms with Gasteiger partial charge in [-0.15, -0.1) is 0 Å². The molecule has 0 saturated carbocycles. The van der Waals surface area contributed by atoms with Gasteiger partial charge in [0, 0.05) is 33.4 Å². The number of hydrogen-bond acceptors (Lipinski definition) is 6. The van der Waals surface area contributed by atoms with Crippen LogP contribution in [-0.4, -0.2) is 33.3 Å². The van der Waals surface area contributed by atoms with Crippen molar-refractivity contribution in [2.24, 2.45) is 0 Å². The van der Waals surface area contributed by atoms with Crippen LogP contribution in [0.1, 0.15) is 37.8 Å². The van der Waals surface area contributed by atoms with E-state index in [4.69, 9.17) is 0 Å². The first-order valence-corrected chi connectivity index (χ1v) is 11.7. The molecule has 0 atom stereocenters. The largest absolute Gasteiger partial charge is 0.507 e. The molecule has 0 saturated heterocycles. The van der Waals surface area contributed by atoms with E-state index in [9.17, 15) is 29.4 Å². The minimum atomic E-state index is -0.829. The number of Topliss-reactive ketones (excluding diaryl/α,β-unsaturated/α-hetero) is 4. The van der Waals surface area contributed by atoms with E-state index < -0.39 is 34.7 Å². The van der Waals surface area contributed by atoms with Gasteiger partial charge in [0.15, 0.2) is 0 Å². The van der Waals surface area contributed by atoms with Gasteiger partial charge in [-0.1, -0.05) is 60.7 Å². The summed E-state index contributed by atoms with van der Waals surface area (Å²) in [4.78, 5) is 51.6. The highest BCUT2D eigenvalue weighted by Crippen LogP contribution is 2.40. The van der Waals surface area contributed by atoms with E-state index in [1.165, 1.54) is 13.8 Å². The van der Waals surface area contributed by atoms with Gasteiger partial charge in [0.25, 0.3) is 0 Å². The first kappa shape index (κ1) is 24.8. The summed E-state index contributed by atoms with van der Waals surface area (Å²) >= 11 is 0. The summed E-state index contributed by atoms with van der Waals surface area (Å²) in [5.41, 5.74) is 1.44. The third-order valence-electron chi connectivity index (χ3n) is 6.69. The molecule has 4 rings (SSSR count). The molecule has 2 aliphatic rings. The zero-order chi connectivity index (χ0) is 26.0. The van der Waals surface area contributed by atoms with Crippen LogP contribution < -0.4 is 0 Å². The predicted octanol–water partition coefficient (Wildman–Crippen LogP) is 4.81. The second-order valence-corrected chi connectivity index (χ2v) is 8.94. The lowest BCUT2D eigenvalue weighted by Crippen LogP contribution is -2.31. The van der Waals surface area contributed by atoms with Crippen molar-refractivity contribution in [3.63, 3.8) is 0 Å². The number of allylic oxidation sites excluding steroid dienone is 6. The number of hydrogen-bond donors (Lipinski definition) is 2. The maximum atomic E-state index is 13.2. The molecule has 2 N–H and O–H groups in total. The maximum Gasteiger partial charge on any atom is 0.232 e. The fraction of sp³-hybridized carbons (Fsp3) is 0.200. The van der Waals surface area contributed by atoms with Crippen molar-refractivity contribution in [2.45, 2.75) is 39.5 Å². The Morgan fingerprint density at radius 1 is 0.500 bits per heavy atom. The molecule has 2 aromatic carbocycles. The molecule has 0 spiro atoms. The minimum absolute atomic E-state index is 0.0145. The van der Waals surface area contributed by atoms with Crippen LogP contribution in [0.3, 0.4) is 0 Å². The van der Waals surface area contributed by atoms with E-state index in [0.717, 1.165) is 11.1 Å². The number of carbonyl (C=O) groups is 4. The molecule has 0 aromatic heterocycles. The summed E-state index contributed by atoms with van der Waals surface area (Å²) < 4.78 is 0. The van der Waals surface area contributed by atoms with Gasteiger partial charge in [0.1, 0.15) is 11.5 Å². The molecule has 6 nitrogen and oxygen atoms in total. The Bertz CT molecular complexity index is 1290. The van der Waals surface area contributed by atoms with Gasteiger partial charge in [0.2, 0.25) is 23.1 Å². The topological polar surface area (TPSA) is 109 Å². The summed E-state index contributed by atoms with van der Waals surface area (Å²) in [6.45, 7) is 2.66. The smallest absolute Gasteiger partial charge is 0.232 e. The van der Waals surface area contributed by atoms with Crippen LogP contribution in [0.5, 0.6) is 0 Å². The first-order valence-electron chi connectivity index (χ1n) is 11.7. The predicted molar refractivity (Wildman–Crippen MR) is 134 cm³/mol. The maximum absolute atomic E-state index is 13.2. The minimum Gasteiger partial charge on any atom is -0.507 e. The number of aryl methyl sites for hydroxylation is 2. The monoisotopic (exact) mass is 482 g/mol. The second kappa shape index (κ2) is 10.1. The Hall–Kier alpha value is -4.32. The molecule has 6 heteroatoms. The lowest BCUT2D eigenvalue weighted by molar-refractivity contribution is -0.132. The molecule has 0 radical (unpaired) electrons. The van der Waals surface area contributed by atoms with E-state index in [1.54, 1.807) is 0 Å². The van der Waals surface area contributed by atoms with Gasteiger partial charge in [-0.05, 0) is 50.7 Å². The molecule has 0 amide bonds. The summed E-state index contributed by atoms with van der Waals surface area (Å²) in [6.07, 6.45) is 0.998. The van der Waals surface area contributed by atoms with Gasteiger partial charge in [-0.2, -0.15) is 0 Å². The Kier molecular flexibility index (Phi) is 6.97. The third-order valence-corrected chi connectivity index (χ3v) is 6.69. The van der Waals surface area contributed by atoms with Crippen LogP contribution in [0.2, 0.25) is 0 Å². The lowest BCUT2D eigenvalue weighted by atomic mass is 9.76. The Balaban J connectivity index is 1.90. The molecule has 0 heterocycles. The average molecular weight is 483 g/mol. The van der Waals surface area contributed by atoms with Crippen LogP contribution in [0.25, 0.3) is 0 Å². The van der Waals surface area contributed by atoms with Crippen molar-refractivity contribution < 1.29 is 29.4 Å². The van der Waals surface area contributed by atoms with Crippen molar-refractivity contribution >= 4 is 23.1 Å². The van der Waals surface area contributed by atoms with Crippen molar-refractivity contribution in [1.29, 1.82) is 0 Å². The summed E-state index contributed by atoms with van der Waals surface area (Å²) in [6, 6.07) is 18.7. The molecule has 182 valence electrons. The number of rotatable bonds is 7. The quantitative estimate of drug-likeness (QED) is 0.433. The van der Waals surface area contributed by atoms with Gasteiger partial charge in [0.05, 0.1) is 0 Å². The van der Waals surface area contributed by atoms with Gasteiger partial charge in [-0.25, -0.2) is 0 Å². The zero-order valence-corrected chi connectivity index (χ0v) is 20.1. The average Bonchev–Trinajstić information content (AvgIpc) is 2.90. The standard InChI is InChI=1S/C30H26O6/c1-17-25(31)23(21(29(35)27(17)33)15-13-19-9-5-3-6-10-19)24-22(16-14-20-11-7-4-8-12-20)30(36)28(34)18(2)26(24)32/h3-12,31-32H,13-16H2,1-2H3. The van der Waals surface area contributed by atoms with Crippen LogP contribution in [0.4, 0.5) is 0 Å². The summed E-state index contributed by atoms with van der Waals surface area (Å²) in [7, 11) is 0. The van der Waals surface area contributed by atoms with E-state index in [0.29, 0.717) is 12.8 Å². The second-order valence-electron chi connectivity index (χ2n) is 8.94. The van der Waals surface area contributed by atoms with Crippen molar-refractivity contribution in [3.05, 3.63) is 117 Å². The van der Waals surface area contributed by atoms with E-state index in [2.05, 4.69) is 0 Å². The van der Waals surface area contributed by atoms with Crippen LogP contribution >= 0.6 is 0 Å². The van der Waals surface area contributed by atoms with Crippen LogP contribution in [0.15, 0.2) is 106 Å². The van der Waals surface area contributed by atoms with Gasteiger partial charge < -0.3 is 10.2 Å². The number of aliphatic hydroxyl groups excluding tert-OH is 2. The van der Waals surface area contributed by atoms with E-state index in [1.807, 2.05) is 60.7 Å². The van der Waals surface area contributed by atoms with Crippen molar-refractivity contribution in [1.82, 2.24) is 0 Å². The van der Waals surface area contributed by atoms with Crippen molar-refractivity contribution in [3.8, 4) is 0 Å². The lowest BCUT2D eigenvalue weighted by Gasteiger charge is -2.27. The van der Waals surface area contributed by atoms with Crippen molar-refractivity contribution in [2.75, 3.05) is 0 Å². The molecule has 0 aliphatic heterocycles. The van der Waals surface area contributed by atoms with Gasteiger partial charge in [-0.3, -0.25) is 19.2 Å². The molecular weight excluding hydrogens is 456 g/mol. The molecular formula is C30H26O6. The van der Waals surface area contributed by atoms with E-state index in [-0.39, 0.29) is 46.3 Å². The number of benzene rings is 2. The highest BCUT2D eigenvalue weighted by atomic mass is 16.3. The molecule has 0 fully saturated rings. The Labute approximate surface area is 209 Å². The fourth-order valence-electron chi connectivity index (χ4n) is 4.56. The van der Waals surface area contributed by atoms with Crippen LogP contribution in [-0.2, 0) is 32.0 Å². The molecule has 0 unspecified atom stereocenters. The Morgan fingerprint density at radius 2 is 0.833 bits per heavy atom. The third kappa shape index (κ3) is 4.50. The number of ketones is 4. The van der Waals surface area contributed by atoms with E-state index >= 15 is 0 Å². The molecule has 2 aromatic rings. The molecule has 2 aliphatic carbocycles. The van der Waals surface area contributed by atoms with Gasteiger partial charge >= 0.3 is 0 Å². The first-order chi connectivity index (χ1) is 17.2. The normalized spacial score (nSPS) is 17.1. The number of carbonyl (C=O) groups excluding carboxylic acids is 4.